The standard InChI is InChI=1S/C17H25N3/c1-4-10-18-12-14-13-19-17(20(3)11-5-2)16-9-7-6-8-15(14)16/h6-9,13,18H,4-5,10-12H2,1-3H3. The fourth-order valence-electron chi connectivity index (χ4n) is 2.52. The van der Waals surface area contributed by atoms with Crippen LogP contribution in [0.4, 0.5) is 5.82 Å². The van der Waals surface area contributed by atoms with Crippen LogP contribution in [0.1, 0.15) is 32.3 Å². The highest BCUT2D eigenvalue weighted by atomic mass is 15.2. The molecule has 0 radical (unpaired) electrons. The summed E-state index contributed by atoms with van der Waals surface area (Å²) >= 11 is 0. The molecule has 2 rings (SSSR count). The molecule has 0 saturated heterocycles. The Morgan fingerprint density at radius 2 is 1.85 bits per heavy atom. The average Bonchev–Trinajstić information content (AvgIpc) is 2.48. The van der Waals surface area contributed by atoms with Crippen LogP contribution in [0.15, 0.2) is 30.5 Å². The number of nitrogens with zero attached hydrogens (tertiary/aromatic N) is 2. The number of pyridine rings is 1. The molecule has 1 aromatic heterocycles. The lowest BCUT2D eigenvalue weighted by atomic mass is 10.1. The minimum atomic E-state index is 0.888. The van der Waals surface area contributed by atoms with Crippen molar-refractivity contribution in [1.29, 1.82) is 0 Å². The normalized spacial score (nSPS) is 10.9. The molecule has 0 atom stereocenters. The van der Waals surface area contributed by atoms with Gasteiger partial charge in [0, 0.05) is 31.7 Å². The van der Waals surface area contributed by atoms with Crippen molar-refractivity contribution >= 4 is 16.6 Å². The van der Waals surface area contributed by atoms with Crippen LogP contribution in [-0.4, -0.2) is 25.1 Å². The third-order valence-electron chi connectivity index (χ3n) is 3.52. The number of aromatic nitrogens is 1. The molecule has 0 saturated carbocycles. The highest BCUT2D eigenvalue weighted by Crippen LogP contribution is 2.26. The van der Waals surface area contributed by atoms with Gasteiger partial charge in [-0.2, -0.15) is 0 Å². The first-order valence-corrected chi connectivity index (χ1v) is 7.56. The molecule has 1 heterocycles. The topological polar surface area (TPSA) is 28.2 Å². The summed E-state index contributed by atoms with van der Waals surface area (Å²) in [4.78, 5) is 6.93. The zero-order chi connectivity index (χ0) is 14.4. The zero-order valence-electron chi connectivity index (χ0n) is 12.8. The van der Waals surface area contributed by atoms with E-state index in [0.717, 1.165) is 38.3 Å². The summed E-state index contributed by atoms with van der Waals surface area (Å²) in [6.07, 6.45) is 4.31. The highest BCUT2D eigenvalue weighted by Gasteiger charge is 2.09. The van der Waals surface area contributed by atoms with Crippen LogP contribution in [0.2, 0.25) is 0 Å². The molecule has 0 spiro atoms. The quantitative estimate of drug-likeness (QED) is 0.780. The Bertz CT molecular complexity index is 551. The van der Waals surface area contributed by atoms with Crippen LogP contribution in [0.3, 0.4) is 0 Å². The van der Waals surface area contributed by atoms with Crippen molar-refractivity contribution in [2.24, 2.45) is 0 Å². The molecule has 0 bridgehead atoms. The van der Waals surface area contributed by atoms with Crippen molar-refractivity contribution in [1.82, 2.24) is 10.3 Å². The minimum absolute atomic E-state index is 0.888. The van der Waals surface area contributed by atoms with Gasteiger partial charge in [0.2, 0.25) is 0 Å². The summed E-state index contributed by atoms with van der Waals surface area (Å²) in [7, 11) is 2.12. The summed E-state index contributed by atoms with van der Waals surface area (Å²) in [5.41, 5.74) is 1.28. The molecule has 0 aliphatic rings. The van der Waals surface area contributed by atoms with E-state index in [9.17, 15) is 0 Å². The van der Waals surface area contributed by atoms with Gasteiger partial charge in [-0.05, 0) is 30.3 Å². The third kappa shape index (κ3) is 3.28. The van der Waals surface area contributed by atoms with Gasteiger partial charge in [-0.1, -0.05) is 38.1 Å². The van der Waals surface area contributed by atoms with E-state index in [4.69, 9.17) is 4.98 Å². The fraction of sp³-hybridized carbons (Fsp3) is 0.471. The van der Waals surface area contributed by atoms with E-state index in [-0.39, 0.29) is 0 Å². The van der Waals surface area contributed by atoms with E-state index < -0.39 is 0 Å². The Hall–Kier alpha value is -1.61. The predicted molar refractivity (Wildman–Crippen MR) is 87.3 cm³/mol. The van der Waals surface area contributed by atoms with Crippen molar-refractivity contribution in [3.63, 3.8) is 0 Å². The number of hydrogen-bond acceptors (Lipinski definition) is 3. The molecular weight excluding hydrogens is 246 g/mol. The number of rotatable bonds is 7. The second-order valence-corrected chi connectivity index (χ2v) is 5.25. The number of fused-ring (bicyclic) bond motifs is 1. The summed E-state index contributed by atoms with van der Waals surface area (Å²) < 4.78 is 0. The Labute approximate surface area is 122 Å². The van der Waals surface area contributed by atoms with Gasteiger partial charge in [0.05, 0.1) is 0 Å². The van der Waals surface area contributed by atoms with Gasteiger partial charge < -0.3 is 10.2 Å². The number of benzene rings is 1. The lowest BCUT2D eigenvalue weighted by Crippen LogP contribution is -2.20. The lowest BCUT2D eigenvalue weighted by Gasteiger charge is -2.20. The van der Waals surface area contributed by atoms with Gasteiger partial charge in [-0.15, -0.1) is 0 Å². The predicted octanol–water partition coefficient (Wildman–Crippen LogP) is 3.58. The maximum Gasteiger partial charge on any atom is 0.136 e. The van der Waals surface area contributed by atoms with Gasteiger partial charge in [0.1, 0.15) is 5.82 Å². The van der Waals surface area contributed by atoms with Crippen LogP contribution >= 0.6 is 0 Å². The number of hydrogen-bond donors (Lipinski definition) is 1. The molecule has 3 nitrogen and oxygen atoms in total. The Kier molecular flexibility index (Phi) is 5.36. The smallest absolute Gasteiger partial charge is 0.136 e. The van der Waals surface area contributed by atoms with Crippen molar-refractivity contribution in [3.05, 3.63) is 36.0 Å². The second kappa shape index (κ2) is 7.25. The molecule has 3 heteroatoms. The summed E-state index contributed by atoms with van der Waals surface area (Å²) in [5, 5.41) is 6.02. The highest BCUT2D eigenvalue weighted by molar-refractivity contribution is 5.94. The van der Waals surface area contributed by atoms with Crippen LogP contribution in [0, 0.1) is 0 Å². The molecule has 0 amide bonds. The van der Waals surface area contributed by atoms with Gasteiger partial charge in [-0.3, -0.25) is 0 Å². The van der Waals surface area contributed by atoms with Crippen LogP contribution < -0.4 is 10.2 Å². The molecule has 1 aromatic carbocycles. The largest absolute Gasteiger partial charge is 0.359 e. The van der Waals surface area contributed by atoms with Gasteiger partial charge in [-0.25, -0.2) is 4.98 Å². The van der Waals surface area contributed by atoms with Crippen molar-refractivity contribution in [2.75, 3.05) is 25.0 Å². The average molecular weight is 271 g/mol. The van der Waals surface area contributed by atoms with E-state index >= 15 is 0 Å². The second-order valence-electron chi connectivity index (χ2n) is 5.25. The Morgan fingerprint density at radius 1 is 1.10 bits per heavy atom. The molecule has 108 valence electrons. The summed E-state index contributed by atoms with van der Waals surface area (Å²) in [5.74, 6) is 1.08. The monoisotopic (exact) mass is 271 g/mol. The SMILES string of the molecule is CCCNCc1cnc(N(C)CCC)c2ccccc12. The van der Waals surface area contributed by atoms with Gasteiger partial charge in [0.15, 0.2) is 0 Å². The maximum atomic E-state index is 4.69. The van der Waals surface area contributed by atoms with E-state index in [0.29, 0.717) is 0 Å². The molecule has 0 unspecified atom stereocenters. The van der Waals surface area contributed by atoms with Gasteiger partial charge >= 0.3 is 0 Å². The lowest BCUT2D eigenvalue weighted by molar-refractivity contribution is 0.676. The van der Waals surface area contributed by atoms with E-state index in [1.165, 1.54) is 16.3 Å². The summed E-state index contributed by atoms with van der Waals surface area (Å²) in [6, 6.07) is 8.57. The zero-order valence-corrected chi connectivity index (χ0v) is 12.8. The van der Waals surface area contributed by atoms with Crippen molar-refractivity contribution in [2.45, 2.75) is 33.2 Å². The Balaban J connectivity index is 2.36. The molecular formula is C17H25N3. The maximum absolute atomic E-state index is 4.69. The van der Waals surface area contributed by atoms with Crippen LogP contribution in [0.25, 0.3) is 10.8 Å². The Morgan fingerprint density at radius 3 is 2.55 bits per heavy atom. The van der Waals surface area contributed by atoms with E-state index in [1.54, 1.807) is 0 Å². The van der Waals surface area contributed by atoms with E-state index in [2.05, 4.69) is 55.4 Å². The third-order valence-corrected chi connectivity index (χ3v) is 3.52. The molecule has 1 N–H and O–H groups in total. The molecule has 0 aliphatic carbocycles. The molecule has 0 aliphatic heterocycles. The first kappa shape index (κ1) is 14.8. The fourth-order valence-corrected chi connectivity index (χ4v) is 2.52. The van der Waals surface area contributed by atoms with E-state index in [1.807, 2.05) is 6.20 Å². The molecule has 0 fully saturated rings. The number of anilines is 1. The minimum Gasteiger partial charge on any atom is -0.359 e. The molecule has 2 aromatic rings. The summed E-state index contributed by atoms with van der Waals surface area (Å²) in [6.45, 7) is 7.35. The van der Waals surface area contributed by atoms with Crippen molar-refractivity contribution in [3.8, 4) is 0 Å². The first-order chi connectivity index (χ1) is 9.77. The van der Waals surface area contributed by atoms with Crippen LogP contribution in [0.5, 0.6) is 0 Å². The first-order valence-electron chi connectivity index (χ1n) is 7.56. The number of nitrogens with one attached hydrogen (secondary N) is 1. The van der Waals surface area contributed by atoms with Crippen LogP contribution in [-0.2, 0) is 6.54 Å². The molecule has 20 heavy (non-hydrogen) atoms. The van der Waals surface area contributed by atoms with Gasteiger partial charge in [0.25, 0.3) is 0 Å². The van der Waals surface area contributed by atoms with Crippen molar-refractivity contribution < 1.29 is 0 Å².